The summed E-state index contributed by atoms with van der Waals surface area (Å²) in [5, 5.41) is 15.8. The van der Waals surface area contributed by atoms with Crippen molar-refractivity contribution in [2.75, 3.05) is 18.1 Å². The van der Waals surface area contributed by atoms with Gasteiger partial charge in [0, 0.05) is 17.3 Å². The summed E-state index contributed by atoms with van der Waals surface area (Å²) < 4.78 is 13.0. The largest absolute Gasteiger partial charge is 0.387 e. The molecule has 2 atom stereocenters. The van der Waals surface area contributed by atoms with Crippen LogP contribution in [-0.4, -0.2) is 34.8 Å². The Morgan fingerprint density at radius 3 is 3.00 bits per heavy atom. The van der Waals surface area contributed by atoms with Crippen LogP contribution in [0.1, 0.15) is 24.9 Å². The summed E-state index contributed by atoms with van der Waals surface area (Å²) in [6, 6.07) is 3.32. The van der Waals surface area contributed by atoms with Crippen molar-refractivity contribution in [1.82, 2.24) is 10.6 Å². The minimum Gasteiger partial charge on any atom is -0.387 e. The van der Waals surface area contributed by atoms with E-state index < -0.39 is 11.4 Å². The van der Waals surface area contributed by atoms with E-state index in [0.29, 0.717) is 17.7 Å². The van der Waals surface area contributed by atoms with E-state index in [1.807, 2.05) is 0 Å². The molecule has 0 spiro atoms. The zero-order valence-corrected chi connectivity index (χ0v) is 13.2. The molecule has 1 aliphatic heterocycles. The van der Waals surface area contributed by atoms with Crippen LogP contribution in [0.3, 0.4) is 0 Å². The Kier molecular flexibility index (Phi) is 5.35. The number of thioether (sulfide) groups is 1. The molecule has 0 bridgehead atoms. The maximum atomic E-state index is 13.0. The van der Waals surface area contributed by atoms with Gasteiger partial charge in [-0.2, -0.15) is 11.8 Å². The van der Waals surface area contributed by atoms with Gasteiger partial charge in [0.15, 0.2) is 0 Å². The molecular formula is C14H18ClFN2O2S. The van der Waals surface area contributed by atoms with Crippen molar-refractivity contribution in [1.29, 1.82) is 0 Å². The molecule has 0 aliphatic carbocycles. The quantitative estimate of drug-likeness (QED) is 0.794. The number of halogens is 2. The van der Waals surface area contributed by atoms with Crippen molar-refractivity contribution in [3.63, 3.8) is 0 Å². The molecule has 1 aliphatic rings. The van der Waals surface area contributed by atoms with Gasteiger partial charge in [0.1, 0.15) is 5.82 Å². The van der Waals surface area contributed by atoms with Crippen molar-refractivity contribution in [3.05, 3.63) is 34.6 Å². The molecule has 0 saturated carbocycles. The van der Waals surface area contributed by atoms with E-state index in [2.05, 4.69) is 10.6 Å². The van der Waals surface area contributed by atoms with Gasteiger partial charge in [0.05, 0.1) is 11.6 Å². The SMILES string of the molecule is C[C@@H](NC(=O)NC[C@@]1(O)CCSC1)c1ccc(F)cc1Cl. The van der Waals surface area contributed by atoms with Gasteiger partial charge >= 0.3 is 6.03 Å². The van der Waals surface area contributed by atoms with Gasteiger partial charge in [0.2, 0.25) is 0 Å². The zero-order valence-electron chi connectivity index (χ0n) is 11.7. The average molecular weight is 333 g/mol. The highest BCUT2D eigenvalue weighted by molar-refractivity contribution is 7.99. The summed E-state index contributed by atoms with van der Waals surface area (Å²) in [5.74, 6) is 1.12. The van der Waals surface area contributed by atoms with E-state index in [9.17, 15) is 14.3 Å². The van der Waals surface area contributed by atoms with Crippen LogP contribution < -0.4 is 10.6 Å². The van der Waals surface area contributed by atoms with Crippen LogP contribution >= 0.6 is 23.4 Å². The molecular weight excluding hydrogens is 315 g/mol. The van der Waals surface area contributed by atoms with Crippen LogP contribution in [0.4, 0.5) is 9.18 Å². The fraction of sp³-hybridized carbons (Fsp3) is 0.500. The van der Waals surface area contributed by atoms with Crippen LogP contribution in [0.25, 0.3) is 0 Å². The number of rotatable bonds is 4. The zero-order chi connectivity index (χ0) is 15.5. The van der Waals surface area contributed by atoms with Crippen molar-refractivity contribution in [3.8, 4) is 0 Å². The predicted octanol–water partition coefficient (Wildman–Crippen LogP) is 2.71. The lowest BCUT2D eigenvalue weighted by Crippen LogP contribution is -2.46. The molecule has 1 aromatic carbocycles. The van der Waals surface area contributed by atoms with E-state index in [4.69, 9.17) is 11.6 Å². The molecule has 0 unspecified atom stereocenters. The van der Waals surface area contributed by atoms with Gasteiger partial charge in [-0.1, -0.05) is 17.7 Å². The van der Waals surface area contributed by atoms with E-state index in [1.165, 1.54) is 12.1 Å². The number of carbonyl (C=O) groups is 1. The Morgan fingerprint density at radius 1 is 1.62 bits per heavy atom. The number of nitrogens with one attached hydrogen (secondary N) is 2. The van der Waals surface area contributed by atoms with Crippen LogP contribution in [0, 0.1) is 5.82 Å². The fourth-order valence-corrected chi connectivity index (χ4v) is 3.78. The smallest absolute Gasteiger partial charge is 0.315 e. The first-order chi connectivity index (χ1) is 9.89. The van der Waals surface area contributed by atoms with E-state index >= 15 is 0 Å². The highest BCUT2D eigenvalue weighted by atomic mass is 35.5. The second-order valence-corrected chi connectivity index (χ2v) is 6.75. The number of amides is 2. The van der Waals surface area contributed by atoms with Gasteiger partial charge < -0.3 is 15.7 Å². The highest BCUT2D eigenvalue weighted by Crippen LogP contribution is 2.27. The molecule has 0 radical (unpaired) electrons. The molecule has 116 valence electrons. The predicted molar refractivity (Wildman–Crippen MR) is 83.3 cm³/mol. The first kappa shape index (κ1) is 16.4. The lowest BCUT2D eigenvalue weighted by atomic mass is 10.0. The van der Waals surface area contributed by atoms with Crippen molar-refractivity contribution < 1.29 is 14.3 Å². The number of aliphatic hydroxyl groups is 1. The molecule has 2 amide bonds. The Balaban J connectivity index is 1.87. The fourth-order valence-electron chi connectivity index (χ4n) is 2.16. The maximum absolute atomic E-state index is 13.0. The average Bonchev–Trinajstić information content (AvgIpc) is 2.84. The van der Waals surface area contributed by atoms with Gasteiger partial charge in [0.25, 0.3) is 0 Å². The summed E-state index contributed by atoms with van der Waals surface area (Å²) >= 11 is 7.63. The first-order valence-electron chi connectivity index (χ1n) is 6.69. The molecule has 1 aromatic rings. The summed E-state index contributed by atoms with van der Waals surface area (Å²) in [4.78, 5) is 11.8. The van der Waals surface area contributed by atoms with Crippen LogP contribution in [0.5, 0.6) is 0 Å². The lowest BCUT2D eigenvalue weighted by molar-refractivity contribution is 0.0699. The van der Waals surface area contributed by atoms with Gasteiger partial charge in [-0.05, 0) is 36.8 Å². The Bertz CT molecular complexity index is 524. The summed E-state index contributed by atoms with van der Waals surface area (Å²) in [6.45, 7) is 1.98. The normalized spacial score (nSPS) is 22.9. The summed E-state index contributed by atoms with van der Waals surface area (Å²) in [7, 11) is 0. The molecule has 1 heterocycles. The van der Waals surface area contributed by atoms with Gasteiger partial charge in [-0.3, -0.25) is 0 Å². The number of benzene rings is 1. The number of hydrogen-bond donors (Lipinski definition) is 3. The first-order valence-corrected chi connectivity index (χ1v) is 8.22. The second-order valence-electron chi connectivity index (χ2n) is 5.24. The number of hydrogen-bond acceptors (Lipinski definition) is 3. The van der Waals surface area contributed by atoms with Gasteiger partial charge in [-0.15, -0.1) is 0 Å². The van der Waals surface area contributed by atoms with E-state index in [1.54, 1.807) is 24.8 Å². The van der Waals surface area contributed by atoms with E-state index in [0.717, 1.165) is 5.75 Å². The monoisotopic (exact) mass is 332 g/mol. The maximum Gasteiger partial charge on any atom is 0.315 e. The van der Waals surface area contributed by atoms with Crippen LogP contribution in [0.2, 0.25) is 5.02 Å². The van der Waals surface area contributed by atoms with Crippen molar-refractivity contribution in [2.24, 2.45) is 0 Å². The lowest BCUT2D eigenvalue weighted by Gasteiger charge is -2.23. The minimum absolute atomic E-state index is 0.218. The van der Waals surface area contributed by atoms with Crippen molar-refractivity contribution in [2.45, 2.75) is 25.0 Å². The Morgan fingerprint density at radius 2 is 2.38 bits per heavy atom. The molecule has 21 heavy (non-hydrogen) atoms. The second kappa shape index (κ2) is 6.85. The molecule has 2 rings (SSSR count). The standard InChI is InChI=1S/C14H18ClFN2O2S/c1-9(11-3-2-10(16)6-12(11)15)18-13(19)17-7-14(20)4-5-21-8-14/h2-3,6,9,20H,4-5,7-8H2,1H3,(H2,17,18,19)/t9-,14+/m1/s1. The third-order valence-corrected chi connectivity index (χ3v) is 5.00. The van der Waals surface area contributed by atoms with E-state index in [-0.39, 0.29) is 23.6 Å². The third kappa shape index (κ3) is 4.49. The summed E-state index contributed by atoms with van der Waals surface area (Å²) in [6.07, 6.45) is 0.678. The van der Waals surface area contributed by atoms with Crippen LogP contribution in [0.15, 0.2) is 18.2 Å². The van der Waals surface area contributed by atoms with Crippen molar-refractivity contribution >= 4 is 29.4 Å². The Hall–Kier alpha value is -0.980. The molecule has 4 nitrogen and oxygen atoms in total. The highest BCUT2D eigenvalue weighted by Gasteiger charge is 2.32. The minimum atomic E-state index is -0.821. The topological polar surface area (TPSA) is 61.4 Å². The number of urea groups is 1. The molecule has 0 aromatic heterocycles. The van der Waals surface area contributed by atoms with Crippen LogP contribution in [-0.2, 0) is 0 Å². The third-order valence-electron chi connectivity index (χ3n) is 3.44. The Labute approximate surface area is 132 Å². The number of carbonyl (C=O) groups excluding carboxylic acids is 1. The molecule has 1 saturated heterocycles. The molecule has 3 N–H and O–H groups in total. The molecule has 1 fully saturated rings. The van der Waals surface area contributed by atoms with Gasteiger partial charge in [-0.25, -0.2) is 9.18 Å². The summed E-state index contributed by atoms with van der Waals surface area (Å²) in [5.41, 5.74) is -0.179. The molecule has 7 heteroatoms.